The molecule has 19 heavy (non-hydrogen) atoms. The van der Waals surface area contributed by atoms with Crippen LogP contribution >= 0.6 is 11.3 Å². The minimum atomic E-state index is 0.310. The van der Waals surface area contributed by atoms with Crippen molar-refractivity contribution in [3.8, 4) is 0 Å². The molecule has 3 rings (SSSR count). The Hall–Kier alpha value is -1.16. The van der Waals surface area contributed by atoms with Gasteiger partial charge in [0.2, 0.25) is 4.80 Å². The maximum absolute atomic E-state index is 4.69. The average molecular weight is 275 g/mol. The van der Waals surface area contributed by atoms with Crippen LogP contribution in [-0.2, 0) is 0 Å². The molecule has 0 aliphatic heterocycles. The Morgan fingerprint density at radius 3 is 2.84 bits per heavy atom. The minimum absolute atomic E-state index is 0.310. The van der Waals surface area contributed by atoms with Crippen LogP contribution in [0.1, 0.15) is 32.4 Å². The van der Waals surface area contributed by atoms with Gasteiger partial charge >= 0.3 is 0 Å². The van der Waals surface area contributed by atoms with Crippen LogP contribution in [0, 0.1) is 24.7 Å². The maximum atomic E-state index is 4.69. The summed E-state index contributed by atoms with van der Waals surface area (Å²) in [6.45, 7) is 6.29. The molecule has 3 nitrogen and oxygen atoms in total. The van der Waals surface area contributed by atoms with E-state index in [4.69, 9.17) is 5.10 Å². The van der Waals surface area contributed by atoms with Crippen molar-refractivity contribution in [2.75, 3.05) is 0 Å². The van der Waals surface area contributed by atoms with Gasteiger partial charge in [0.05, 0.1) is 5.69 Å². The molecule has 3 atom stereocenters. The van der Waals surface area contributed by atoms with Crippen molar-refractivity contribution < 1.29 is 0 Å². The molecule has 1 aromatic heterocycles. The van der Waals surface area contributed by atoms with Crippen LogP contribution in [0.5, 0.6) is 0 Å². The molecule has 0 aromatic carbocycles. The summed E-state index contributed by atoms with van der Waals surface area (Å²) in [5.74, 6) is 2.14. The Morgan fingerprint density at radius 2 is 2.21 bits per heavy atom. The first-order valence-corrected chi connectivity index (χ1v) is 7.95. The lowest BCUT2D eigenvalue weighted by atomic mass is 9.95. The molecule has 3 unspecified atom stereocenters. The number of fused-ring (bicyclic) bond motifs is 2. The summed E-state index contributed by atoms with van der Waals surface area (Å²) in [5.41, 5.74) is 1.17. The molecule has 0 amide bonds. The van der Waals surface area contributed by atoms with Gasteiger partial charge in [0.1, 0.15) is 0 Å². The molecule has 2 bridgehead atoms. The Balaban J connectivity index is 1.83. The van der Waals surface area contributed by atoms with Gasteiger partial charge in [-0.15, -0.1) is 11.3 Å². The fourth-order valence-electron chi connectivity index (χ4n) is 2.98. The Kier molecular flexibility index (Phi) is 3.44. The molecule has 1 aromatic rings. The van der Waals surface area contributed by atoms with Crippen LogP contribution in [0.25, 0.3) is 0 Å². The molecule has 2 aliphatic carbocycles. The molecule has 102 valence electrons. The first kappa shape index (κ1) is 12.9. The molecular formula is C15H21N3S. The largest absolute Gasteiger partial charge is 0.255 e. The zero-order valence-electron chi connectivity index (χ0n) is 11.8. The molecule has 2 aliphatic rings. The fraction of sp³-hybridized carbons (Fsp3) is 0.600. The summed E-state index contributed by atoms with van der Waals surface area (Å²) < 4.78 is 1.99. The highest BCUT2D eigenvalue weighted by molar-refractivity contribution is 7.07. The van der Waals surface area contributed by atoms with E-state index in [9.17, 15) is 0 Å². The molecule has 0 N–H and O–H groups in total. The van der Waals surface area contributed by atoms with E-state index >= 15 is 0 Å². The van der Waals surface area contributed by atoms with Gasteiger partial charge in [-0.25, -0.2) is 4.68 Å². The monoisotopic (exact) mass is 275 g/mol. The predicted molar refractivity (Wildman–Crippen MR) is 80.5 cm³/mol. The van der Waals surface area contributed by atoms with Crippen LogP contribution < -0.4 is 4.80 Å². The standard InChI is InChI=1S/C15H21N3S/c1-10(2)17-15-18(11(3)9-19-15)16-8-14-7-12-4-5-13(14)6-12/h4-5,8-10,12-14H,6-7H2,1-3H3. The van der Waals surface area contributed by atoms with Gasteiger partial charge in [-0.1, -0.05) is 12.2 Å². The quantitative estimate of drug-likeness (QED) is 0.599. The molecule has 0 radical (unpaired) electrons. The SMILES string of the molecule is Cc1csc(=NC(C)C)n1N=CC1CC2C=CC1C2. The normalized spacial score (nSPS) is 30.3. The lowest BCUT2D eigenvalue weighted by molar-refractivity contribution is 0.588. The van der Waals surface area contributed by atoms with Gasteiger partial charge in [-0.05, 0) is 45.4 Å². The van der Waals surface area contributed by atoms with Gasteiger partial charge in [-0.2, -0.15) is 5.10 Å². The number of thiazole rings is 1. The summed E-state index contributed by atoms with van der Waals surface area (Å²) in [5, 5.41) is 6.82. The maximum Gasteiger partial charge on any atom is 0.206 e. The van der Waals surface area contributed by atoms with Crippen molar-refractivity contribution in [2.45, 2.75) is 39.7 Å². The Labute approximate surface area is 118 Å². The van der Waals surface area contributed by atoms with Crippen molar-refractivity contribution in [3.63, 3.8) is 0 Å². The highest BCUT2D eigenvalue weighted by Gasteiger charge is 2.34. The van der Waals surface area contributed by atoms with Gasteiger partial charge in [0, 0.05) is 23.6 Å². The Morgan fingerprint density at radius 1 is 1.37 bits per heavy atom. The molecule has 0 spiro atoms. The van der Waals surface area contributed by atoms with Crippen LogP contribution in [-0.4, -0.2) is 16.9 Å². The van der Waals surface area contributed by atoms with E-state index in [2.05, 4.69) is 49.5 Å². The predicted octanol–water partition coefficient (Wildman–Crippen LogP) is 3.21. The molecule has 0 saturated heterocycles. The number of hydrogen-bond acceptors (Lipinski definition) is 3. The average Bonchev–Trinajstić information content (AvgIpc) is 3.03. The van der Waals surface area contributed by atoms with E-state index in [0.717, 1.165) is 16.6 Å². The van der Waals surface area contributed by atoms with Crippen molar-refractivity contribution >= 4 is 17.6 Å². The highest BCUT2D eigenvalue weighted by Crippen LogP contribution is 2.42. The third kappa shape index (κ3) is 2.59. The van der Waals surface area contributed by atoms with Gasteiger partial charge in [0.25, 0.3) is 0 Å². The van der Waals surface area contributed by atoms with Crippen molar-refractivity contribution in [1.82, 2.24) is 4.68 Å². The number of rotatable bonds is 3. The Bertz CT molecular complexity index is 576. The van der Waals surface area contributed by atoms with Crippen molar-refractivity contribution in [2.24, 2.45) is 27.8 Å². The highest BCUT2D eigenvalue weighted by atomic mass is 32.1. The van der Waals surface area contributed by atoms with Crippen LogP contribution in [0.3, 0.4) is 0 Å². The summed E-state index contributed by atoms with van der Waals surface area (Å²) >= 11 is 1.67. The second-order valence-corrected chi connectivity index (χ2v) is 6.74. The zero-order chi connectivity index (χ0) is 13.4. The van der Waals surface area contributed by atoms with E-state index < -0.39 is 0 Å². The molecule has 1 fully saturated rings. The van der Waals surface area contributed by atoms with Crippen molar-refractivity contribution in [1.29, 1.82) is 0 Å². The third-order valence-corrected chi connectivity index (χ3v) is 4.87. The molecule has 1 heterocycles. The van der Waals surface area contributed by atoms with Gasteiger partial charge < -0.3 is 0 Å². The molecular weight excluding hydrogens is 254 g/mol. The van der Waals surface area contributed by atoms with Crippen LogP contribution in [0.15, 0.2) is 27.6 Å². The topological polar surface area (TPSA) is 29.6 Å². The van der Waals surface area contributed by atoms with E-state index in [1.54, 1.807) is 11.3 Å². The number of aryl methyl sites for hydroxylation is 1. The van der Waals surface area contributed by atoms with E-state index in [0.29, 0.717) is 12.0 Å². The number of nitrogens with zero attached hydrogens (tertiary/aromatic N) is 3. The van der Waals surface area contributed by atoms with Crippen LogP contribution in [0.4, 0.5) is 0 Å². The lowest BCUT2D eigenvalue weighted by Gasteiger charge is -2.12. The summed E-state index contributed by atoms with van der Waals surface area (Å²) in [7, 11) is 0. The van der Waals surface area contributed by atoms with Crippen LogP contribution in [0.2, 0.25) is 0 Å². The van der Waals surface area contributed by atoms with E-state index in [-0.39, 0.29) is 0 Å². The number of hydrogen-bond donors (Lipinski definition) is 0. The fourth-order valence-corrected chi connectivity index (χ4v) is 3.92. The van der Waals surface area contributed by atoms with Gasteiger partial charge in [0.15, 0.2) is 0 Å². The van der Waals surface area contributed by atoms with Gasteiger partial charge in [-0.3, -0.25) is 4.99 Å². The molecule has 1 saturated carbocycles. The number of allylic oxidation sites excluding steroid dienone is 2. The second kappa shape index (κ2) is 5.08. The summed E-state index contributed by atoms with van der Waals surface area (Å²) in [6, 6.07) is 0.310. The zero-order valence-corrected chi connectivity index (χ0v) is 12.6. The smallest absolute Gasteiger partial charge is 0.206 e. The lowest BCUT2D eigenvalue weighted by Crippen LogP contribution is -2.16. The van der Waals surface area contributed by atoms with Crippen molar-refractivity contribution in [3.05, 3.63) is 28.0 Å². The second-order valence-electron chi connectivity index (χ2n) is 5.90. The first-order chi connectivity index (χ1) is 9.13. The number of aromatic nitrogens is 1. The van der Waals surface area contributed by atoms with E-state index in [1.165, 1.54) is 18.5 Å². The van der Waals surface area contributed by atoms with E-state index in [1.807, 2.05) is 4.68 Å². The summed E-state index contributed by atoms with van der Waals surface area (Å²) in [4.78, 5) is 5.63. The molecule has 4 heteroatoms. The minimum Gasteiger partial charge on any atom is -0.255 e. The first-order valence-electron chi connectivity index (χ1n) is 7.07. The third-order valence-electron chi connectivity index (χ3n) is 3.92. The summed E-state index contributed by atoms with van der Waals surface area (Å²) in [6.07, 6.45) is 9.48.